The van der Waals surface area contributed by atoms with Crippen LogP contribution in [0.5, 0.6) is 0 Å². The molecule has 434 valence electrons. The van der Waals surface area contributed by atoms with E-state index in [2.05, 4.69) is 322 Å². The molecule has 0 N–H and O–H groups in total. The lowest BCUT2D eigenvalue weighted by atomic mass is 9.67. The van der Waals surface area contributed by atoms with E-state index in [0.29, 0.717) is 0 Å². The van der Waals surface area contributed by atoms with E-state index in [0.717, 1.165) is 86.0 Å². The SMILES string of the molecule is C=Cc1ccc(C2=CC=C(N(c3ccc(C=C)cc3)c3ccc(-c4ccc5oc6cc7c(cc6c5c4)C(c4ccccc4)(c4ccccc4)c4ccc(-c5ccc(CC(c6ccc(C=C)cc6)c6ccc(-c8ccc(C=C)cc8)cc6)cc5)cc4-7)cc3)CC2)cc1. The molecule has 1 atom stereocenters. The summed E-state index contributed by atoms with van der Waals surface area (Å²) >= 11 is 0. The second-order valence-corrected chi connectivity index (χ2v) is 24.1. The van der Waals surface area contributed by atoms with E-state index in [4.69, 9.17) is 4.42 Å². The molecule has 12 aromatic carbocycles. The molecular formula is C89H67NO. The number of hydrogen-bond donors (Lipinski definition) is 0. The Morgan fingerprint density at radius 3 is 1.37 bits per heavy atom. The van der Waals surface area contributed by atoms with Gasteiger partial charge >= 0.3 is 0 Å². The summed E-state index contributed by atoms with van der Waals surface area (Å²) < 4.78 is 6.93. The number of rotatable bonds is 17. The fraction of sp³-hybridized carbons (Fsp3) is 0.0562. The van der Waals surface area contributed by atoms with Gasteiger partial charge in [-0.2, -0.15) is 0 Å². The lowest BCUT2D eigenvalue weighted by molar-refractivity contribution is 0.668. The predicted octanol–water partition coefficient (Wildman–Crippen LogP) is 23.8. The summed E-state index contributed by atoms with van der Waals surface area (Å²) in [5.41, 5.74) is 29.8. The van der Waals surface area contributed by atoms with Gasteiger partial charge in [0.15, 0.2) is 0 Å². The molecule has 0 radical (unpaired) electrons. The Bertz CT molecular complexity index is 4910. The first-order valence-corrected chi connectivity index (χ1v) is 31.5. The quantitative estimate of drug-likeness (QED) is 0.0903. The Kier molecular flexibility index (Phi) is 14.8. The minimum atomic E-state index is -0.603. The van der Waals surface area contributed by atoms with Crippen molar-refractivity contribution in [3.8, 4) is 44.5 Å². The summed E-state index contributed by atoms with van der Waals surface area (Å²) in [4.78, 5) is 2.40. The molecule has 1 heterocycles. The lowest BCUT2D eigenvalue weighted by Gasteiger charge is -2.34. The van der Waals surface area contributed by atoms with Gasteiger partial charge in [0.25, 0.3) is 0 Å². The van der Waals surface area contributed by atoms with E-state index < -0.39 is 5.41 Å². The van der Waals surface area contributed by atoms with Crippen LogP contribution in [-0.2, 0) is 11.8 Å². The van der Waals surface area contributed by atoms with E-state index in [-0.39, 0.29) is 5.92 Å². The summed E-state index contributed by atoms with van der Waals surface area (Å²) in [7, 11) is 0. The van der Waals surface area contributed by atoms with Gasteiger partial charge in [0.05, 0.1) is 5.41 Å². The van der Waals surface area contributed by atoms with Gasteiger partial charge in [-0.1, -0.05) is 281 Å². The third-order valence-corrected chi connectivity index (χ3v) is 19.0. The zero-order valence-corrected chi connectivity index (χ0v) is 50.9. The summed E-state index contributed by atoms with van der Waals surface area (Å²) in [6, 6.07) is 103. The molecule has 15 rings (SSSR count). The van der Waals surface area contributed by atoms with Gasteiger partial charge in [-0.3, -0.25) is 0 Å². The molecule has 0 aliphatic heterocycles. The third-order valence-electron chi connectivity index (χ3n) is 19.0. The number of hydrogen-bond acceptors (Lipinski definition) is 2. The van der Waals surface area contributed by atoms with Crippen LogP contribution in [0.1, 0.15) is 85.5 Å². The highest BCUT2D eigenvalue weighted by atomic mass is 16.3. The molecule has 0 bridgehead atoms. The van der Waals surface area contributed by atoms with Gasteiger partial charge in [-0.15, -0.1) is 0 Å². The van der Waals surface area contributed by atoms with Crippen LogP contribution in [0.2, 0.25) is 0 Å². The highest BCUT2D eigenvalue weighted by Crippen LogP contribution is 2.58. The Balaban J connectivity index is 0.779. The average molecular weight is 1170 g/mol. The fourth-order valence-corrected chi connectivity index (χ4v) is 14.1. The Labute approximate surface area is 534 Å². The van der Waals surface area contributed by atoms with Crippen LogP contribution in [0, 0.1) is 0 Å². The van der Waals surface area contributed by atoms with Gasteiger partial charge in [0.2, 0.25) is 0 Å². The Morgan fingerprint density at radius 1 is 0.374 bits per heavy atom. The minimum absolute atomic E-state index is 0.157. The predicted molar refractivity (Wildman–Crippen MR) is 386 cm³/mol. The van der Waals surface area contributed by atoms with Crippen LogP contribution in [0.3, 0.4) is 0 Å². The molecule has 2 aliphatic carbocycles. The van der Waals surface area contributed by atoms with Crippen molar-refractivity contribution in [2.75, 3.05) is 4.90 Å². The molecule has 91 heavy (non-hydrogen) atoms. The first-order valence-electron chi connectivity index (χ1n) is 31.5. The van der Waals surface area contributed by atoms with Gasteiger partial charge in [-0.05, 0) is 197 Å². The summed E-state index contributed by atoms with van der Waals surface area (Å²) in [6.45, 7) is 15.9. The maximum Gasteiger partial charge on any atom is 0.136 e. The van der Waals surface area contributed by atoms with Gasteiger partial charge in [0, 0.05) is 33.8 Å². The van der Waals surface area contributed by atoms with Crippen LogP contribution in [-0.4, -0.2) is 0 Å². The monoisotopic (exact) mass is 1170 g/mol. The average Bonchev–Trinajstić information content (AvgIpc) is 1.54. The first kappa shape index (κ1) is 56.2. The summed E-state index contributed by atoms with van der Waals surface area (Å²) in [5.74, 6) is 0.157. The number of furan rings is 1. The second kappa shape index (κ2) is 24.0. The zero-order chi connectivity index (χ0) is 61.4. The van der Waals surface area contributed by atoms with Crippen molar-refractivity contribution in [2.24, 2.45) is 0 Å². The molecule has 0 saturated carbocycles. The maximum atomic E-state index is 6.93. The van der Waals surface area contributed by atoms with E-state index >= 15 is 0 Å². The van der Waals surface area contributed by atoms with Gasteiger partial charge < -0.3 is 9.32 Å². The van der Waals surface area contributed by atoms with E-state index in [1.807, 2.05) is 24.3 Å². The number of nitrogens with zero attached hydrogens (tertiary/aromatic N) is 1. The molecule has 0 amide bonds. The largest absolute Gasteiger partial charge is 0.456 e. The molecule has 1 aromatic heterocycles. The molecule has 13 aromatic rings. The van der Waals surface area contributed by atoms with Crippen LogP contribution in [0.25, 0.3) is 96.3 Å². The van der Waals surface area contributed by atoms with Crippen molar-refractivity contribution in [3.63, 3.8) is 0 Å². The maximum absolute atomic E-state index is 6.93. The van der Waals surface area contributed by atoms with Crippen molar-refractivity contribution in [1.82, 2.24) is 0 Å². The van der Waals surface area contributed by atoms with Gasteiger partial charge in [-0.25, -0.2) is 0 Å². The summed E-state index contributed by atoms with van der Waals surface area (Å²) in [5, 5.41) is 2.19. The highest BCUT2D eigenvalue weighted by Gasteiger charge is 2.47. The van der Waals surface area contributed by atoms with E-state index in [1.54, 1.807) is 0 Å². The normalized spacial score (nSPS) is 13.4. The fourth-order valence-electron chi connectivity index (χ4n) is 14.1. The van der Waals surface area contributed by atoms with Crippen LogP contribution in [0.4, 0.5) is 11.4 Å². The number of allylic oxidation sites excluding steroid dienone is 4. The van der Waals surface area contributed by atoms with Crippen molar-refractivity contribution in [3.05, 3.63) is 390 Å². The van der Waals surface area contributed by atoms with E-state index in [9.17, 15) is 0 Å². The van der Waals surface area contributed by atoms with Crippen LogP contribution >= 0.6 is 0 Å². The molecule has 2 aliphatic rings. The minimum Gasteiger partial charge on any atom is -0.456 e. The molecular weight excluding hydrogens is 1100 g/mol. The van der Waals surface area contributed by atoms with E-state index in [1.165, 1.54) is 89.2 Å². The van der Waals surface area contributed by atoms with Crippen molar-refractivity contribution < 1.29 is 4.42 Å². The molecule has 2 heteroatoms. The molecule has 0 saturated heterocycles. The smallest absolute Gasteiger partial charge is 0.136 e. The zero-order valence-electron chi connectivity index (χ0n) is 50.9. The van der Waals surface area contributed by atoms with Crippen molar-refractivity contribution >= 4 is 63.2 Å². The number of anilines is 2. The highest BCUT2D eigenvalue weighted by molar-refractivity contribution is 6.09. The Hall–Kier alpha value is -11.3. The molecule has 0 spiro atoms. The Morgan fingerprint density at radius 2 is 0.813 bits per heavy atom. The molecule has 0 fully saturated rings. The van der Waals surface area contributed by atoms with Crippen LogP contribution in [0.15, 0.2) is 328 Å². The lowest BCUT2D eigenvalue weighted by Crippen LogP contribution is -2.28. The number of fused-ring (bicyclic) bond motifs is 6. The topological polar surface area (TPSA) is 16.4 Å². The molecule has 2 nitrogen and oxygen atoms in total. The standard InChI is InChI=1S/C89H67NO/c1-5-60-19-29-65(30-20-60)67-37-39-72(40-38-67)80(71-35-23-62(7-3)24-36-71)55-64-25-33-69(34-26-64)73-45-53-85-81(56-73)82-59-88-84(58-86(82)89(85,75-15-11-9-12-16-75)76-17-13-10-14-18-76)83-57-74(46-54-87(83)91-88)70-43-51-79(52-44-70)90(77-47-27-63(8-4)28-48-77)78-49-41-68(42-50-78)66-31-21-61(6-2)22-32-66/h5-41,43-49,51-54,56-59,80H,1-4,42,50,55H2. The summed E-state index contributed by atoms with van der Waals surface area (Å²) in [6.07, 6.45) is 14.9. The first-order chi connectivity index (χ1) is 44.8. The van der Waals surface area contributed by atoms with Crippen molar-refractivity contribution in [1.29, 1.82) is 0 Å². The number of benzene rings is 12. The van der Waals surface area contributed by atoms with Gasteiger partial charge in [0.1, 0.15) is 11.2 Å². The second-order valence-electron chi connectivity index (χ2n) is 24.1. The third kappa shape index (κ3) is 10.4. The molecule has 1 unspecified atom stereocenters. The van der Waals surface area contributed by atoms with Crippen molar-refractivity contribution in [2.45, 2.75) is 30.6 Å². The van der Waals surface area contributed by atoms with Crippen LogP contribution < -0.4 is 4.90 Å².